The number of anilines is 1. The number of ether oxygens (including phenoxy) is 2. The Hall–Kier alpha value is -4.42. The Morgan fingerprint density at radius 1 is 1.09 bits per heavy atom. The number of hydrogen-bond donors (Lipinski definition) is 0. The van der Waals surface area contributed by atoms with Crippen molar-refractivity contribution in [2.24, 2.45) is 0 Å². The highest BCUT2D eigenvalue weighted by atomic mass is 35.5. The smallest absolute Gasteiger partial charge is 0.355 e. The summed E-state index contributed by atoms with van der Waals surface area (Å²) in [6.07, 6.45) is 1.29. The lowest BCUT2D eigenvalue weighted by Gasteiger charge is -2.40. The molecule has 3 aromatic heterocycles. The lowest BCUT2D eigenvalue weighted by molar-refractivity contribution is -0.126. The van der Waals surface area contributed by atoms with Crippen LogP contribution in [-0.2, 0) is 9.53 Å². The average molecular weight is 664 g/mol. The molecule has 47 heavy (non-hydrogen) atoms. The summed E-state index contributed by atoms with van der Waals surface area (Å²) < 4.78 is 27.5. The quantitative estimate of drug-likeness (QED) is 0.160. The molecular formula is C34H39ClFN7O4. The molecule has 0 saturated carbocycles. The van der Waals surface area contributed by atoms with Crippen LogP contribution < -0.4 is 15.3 Å². The van der Waals surface area contributed by atoms with Gasteiger partial charge in [-0.3, -0.25) is 4.79 Å². The monoisotopic (exact) mass is 663 g/mol. The number of methoxy groups -OCH3 is 1. The Kier molecular flexibility index (Phi) is 10.2. The molecule has 11 nitrogen and oxygen atoms in total. The molecule has 248 valence electrons. The van der Waals surface area contributed by atoms with E-state index in [1.807, 2.05) is 39.5 Å². The molecule has 0 spiro atoms. The molecule has 1 aromatic carbocycles. The van der Waals surface area contributed by atoms with E-state index in [4.69, 9.17) is 36.0 Å². The maximum absolute atomic E-state index is 15.2. The van der Waals surface area contributed by atoms with Crippen LogP contribution in [0.15, 0.2) is 47.8 Å². The number of fused-ring (bicyclic) bond motifs is 1. The molecule has 5 rings (SSSR count). The molecule has 0 N–H and O–H groups in total. The van der Waals surface area contributed by atoms with E-state index < -0.39 is 11.5 Å². The standard InChI is InChI=1S/C34H39ClFN7O4/c1-8-26(44)41-13-14-42(21(6)18-41)31-23-17-24(35)29(22-11-9-10-12-25(22)36)37-32(23)43(34(45)40-31)30-27(19(2)3)38-33(47-16-15-46-7)39-28(30)20(4)5/h8-12,17,19-21H,1,13-16,18H2,2-7H3/t21-/m0/s1. The van der Waals surface area contributed by atoms with Crippen molar-refractivity contribution >= 4 is 34.4 Å². The number of halogens is 2. The van der Waals surface area contributed by atoms with Crippen LogP contribution in [0, 0.1) is 5.82 Å². The normalized spacial score (nSPS) is 15.1. The van der Waals surface area contributed by atoms with Crippen LogP contribution in [0.2, 0.25) is 5.02 Å². The van der Waals surface area contributed by atoms with Crippen molar-refractivity contribution in [1.82, 2.24) is 29.4 Å². The van der Waals surface area contributed by atoms with Crippen LogP contribution >= 0.6 is 11.6 Å². The SMILES string of the molecule is C=CC(=O)N1CCN(c2nc(=O)n(-c3c(C(C)C)nc(OCCOC)nc3C(C)C)c3nc(-c4ccccc4F)c(Cl)cc23)[C@@H](C)C1. The van der Waals surface area contributed by atoms with Gasteiger partial charge in [0.05, 0.1) is 39.8 Å². The maximum Gasteiger partial charge on any atom is 0.355 e. The summed E-state index contributed by atoms with van der Waals surface area (Å²) in [4.78, 5) is 49.4. The predicted octanol–water partition coefficient (Wildman–Crippen LogP) is 5.53. The second kappa shape index (κ2) is 14.1. The summed E-state index contributed by atoms with van der Waals surface area (Å²) in [5, 5.41) is 0.671. The number of carbonyl (C=O) groups is 1. The van der Waals surface area contributed by atoms with E-state index in [-0.39, 0.29) is 58.3 Å². The molecule has 0 radical (unpaired) electrons. The highest BCUT2D eigenvalue weighted by molar-refractivity contribution is 6.33. The first-order valence-electron chi connectivity index (χ1n) is 15.6. The van der Waals surface area contributed by atoms with E-state index in [0.717, 1.165) is 0 Å². The molecule has 0 aliphatic carbocycles. The third kappa shape index (κ3) is 6.70. The van der Waals surface area contributed by atoms with Crippen molar-refractivity contribution in [2.45, 2.75) is 52.5 Å². The van der Waals surface area contributed by atoms with Gasteiger partial charge in [0.2, 0.25) is 5.91 Å². The van der Waals surface area contributed by atoms with Gasteiger partial charge in [-0.25, -0.2) is 18.7 Å². The van der Waals surface area contributed by atoms with Gasteiger partial charge in [0.15, 0.2) is 5.65 Å². The Morgan fingerprint density at radius 3 is 2.36 bits per heavy atom. The summed E-state index contributed by atoms with van der Waals surface area (Å²) in [5.74, 6) is -0.628. The summed E-state index contributed by atoms with van der Waals surface area (Å²) >= 11 is 6.85. The Balaban J connectivity index is 1.83. The van der Waals surface area contributed by atoms with Crippen molar-refractivity contribution in [2.75, 3.05) is 44.9 Å². The fraction of sp³-hybridized carbons (Fsp3) is 0.412. The van der Waals surface area contributed by atoms with Gasteiger partial charge in [0.25, 0.3) is 0 Å². The van der Waals surface area contributed by atoms with Gasteiger partial charge < -0.3 is 19.3 Å². The lowest BCUT2D eigenvalue weighted by atomic mass is 10.0. The molecule has 1 aliphatic rings. The molecule has 4 heterocycles. The molecule has 1 aliphatic heterocycles. The molecule has 13 heteroatoms. The fourth-order valence-electron chi connectivity index (χ4n) is 5.75. The number of pyridine rings is 1. The van der Waals surface area contributed by atoms with Gasteiger partial charge in [0, 0.05) is 38.3 Å². The third-order valence-corrected chi connectivity index (χ3v) is 8.36. The Bertz CT molecular complexity index is 1850. The van der Waals surface area contributed by atoms with Crippen molar-refractivity contribution in [3.05, 3.63) is 75.7 Å². The van der Waals surface area contributed by atoms with E-state index >= 15 is 4.39 Å². The minimum absolute atomic E-state index is 0.161. The van der Waals surface area contributed by atoms with Crippen molar-refractivity contribution < 1.29 is 18.7 Å². The summed E-state index contributed by atoms with van der Waals surface area (Å²) in [5.41, 5.74) is 1.53. The molecule has 1 fully saturated rings. The van der Waals surface area contributed by atoms with Crippen molar-refractivity contribution in [3.8, 4) is 23.0 Å². The minimum atomic E-state index is -0.612. The molecular weight excluding hydrogens is 625 g/mol. The van der Waals surface area contributed by atoms with Crippen LogP contribution in [0.25, 0.3) is 28.0 Å². The number of aromatic nitrogens is 5. The zero-order chi connectivity index (χ0) is 34.0. The number of hydrogen-bond acceptors (Lipinski definition) is 9. The molecule has 0 unspecified atom stereocenters. The second-order valence-corrected chi connectivity index (χ2v) is 12.4. The Morgan fingerprint density at radius 2 is 1.77 bits per heavy atom. The molecule has 0 bridgehead atoms. The third-order valence-electron chi connectivity index (χ3n) is 8.07. The van der Waals surface area contributed by atoms with Crippen LogP contribution in [0.3, 0.4) is 0 Å². The summed E-state index contributed by atoms with van der Waals surface area (Å²) in [6.45, 7) is 15.2. The summed E-state index contributed by atoms with van der Waals surface area (Å²) in [6, 6.07) is 7.84. The predicted molar refractivity (Wildman–Crippen MR) is 180 cm³/mol. The number of carbonyl (C=O) groups excluding carboxylic acids is 1. The number of piperazine rings is 1. The van der Waals surface area contributed by atoms with Crippen molar-refractivity contribution in [3.63, 3.8) is 0 Å². The van der Waals surface area contributed by atoms with Crippen molar-refractivity contribution in [1.29, 1.82) is 0 Å². The molecule has 1 amide bonds. The first-order chi connectivity index (χ1) is 22.5. The number of benzene rings is 1. The van der Waals surface area contributed by atoms with Gasteiger partial charge in [-0.1, -0.05) is 58.0 Å². The van der Waals surface area contributed by atoms with Crippen LogP contribution in [0.5, 0.6) is 6.01 Å². The molecule has 1 atom stereocenters. The number of amides is 1. The largest absolute Gasteiger partial charge is 0.461 e. The first kappa shape index (κ1) is 33.9. The minimum Gasteiger partial charge on any atom is -0.461 e. The van der Waals surface area contributed by atoms with Gasteiger partial charge in [-0.2, -0.15) is 15.0 Å². The van der Waals surface area contributed by atoms with Gasteiger partial charge in [-0.05, 0) is 43.0 Å². The van der Waals surface area contributed by atoms with Crippen LogP contribution in [0.4, 0.5) is 10.2 Å². The van der Waals surface area contributed by atoms with E-state index in [1.165, 1.54) is 16.7 Å². The van der Waals surface area contributed by atoms with Crippen LogP contribution in [-0.4, -0.2) is 81.3 Å². The zero-order valence-electron chi connectivity index (χ0n) is 27.5. The van der Waals surface area contributed by atoms with Gasteiger partial charge >= 0.3 is 11.7 Å². The number of nitrogens with zero attached hydrogens (tertiary/aromatic N) is 7. The van der Waals surface area contributed by atoms with E-state index in [0.29, 0.717) is 54.5 Å². The van der Waals surface area contributed by atoms with E-state index in [2.05, 4.69) is 11.6 Å². The highest BCUT2D eigenvalue weighted by Gasteiger charge is 2.31. The second-order valence-electron chi connectivity index (χ2n) is 12.0. The highest BCUT2D eigenvalue weighted by Crippen LogP contribution is 2.37. The fourth-order valence-corrected chi connectivity index (χ4v) is 6.01. The summed E-state index contributed by atoms with van der Waals surface area (Å²) in [7, 11) is 1.58. The van der Waals surface area contributed by atoms with Gasteiger partial charge in [0.1, 0.15) is 18.2 Å². The molecule has 1 saturated heterocycles. The van der Waals surface area contributed by atoms with Crippen LogP contribution in [0.1, 0.15) is 57.8 Å². The van der Waals surface area contributed by atoms with E-state index in [1.54, 1.807) is 36.3 Å². The van der Waals surface area contributed by atoms with E-state index in [9.17, 15) is 9.59 Å². The molecule has 4 aromatic rings. The Labute approximate surface area is 278 Å². The maximum atomic E-state index is 15.2. The number of rotatable bonds is 10. The topological polar surface area (TPSA) is 116 Å². The first-order valence-corrected chi connectivity index (χ1v) is 15.9. The lowest BCUT2D eigenvalue weighted by Crippen LogP contribution is -2.54. The zero-order valence-corrected chi connectivity index (χ0v) is 28.2. The average Bonchev–Trinajstić information content (AvgIpc) is 3.04. The van der Waals surface area contributed by atoms with Gasteiger partial charge in [-0.15, -0.1) is 0 Å².